The molecule has 0 aliphatic rings. The molecule has 0 aliphatic heterocycles. The molecule has 0 radical (unpaired) electrons. The smallest absolute Gasteiger partial charge is 0.268 e. The average molecular weight is 380 g/mol. The fourth-order valence-corrected chi connectivity index (χ4v) is 3.90. The molecule has 4 nitrogen and oxygen atoms in total. The third-order valence-corrected chi connectivity index (χ3v) is 5.36. The van der Waals surface area contributed by atoms with Crippen molar-refractivity contribution in [2.45, 2.75) is 11.8 Å². The fourth-order valence-electron chi connectivity index (χ4n) is 2.28. The highest BCUT2D eigenvalue weighted by Gasteiger charge is 2.18. The van der Waals surface area contributed by atoms with Crippen molar-refractivity contribution in [3.63, 3.8) is 0 Å². The number of alkyl halides is 1. The van der Waals surface area contributed by atoms with Crippen molar-refractivity contribution in [2.24, 2.45) is 0 Å². The van der Waals surface area contributed by atoms with Crippen molar-refractivity contribution in [1.82, 2.24) is 3.97 Å². The summed E-state index contributed by atoms with van der Waals surface area (Å²) in [6.45, 7) is 1.92. The minimum absolute atomic E-state index is 0.274. The van der Waals surface area contributed by atoms with Gasteiger partial charge in [-0.15, -0.1) is 0 Å². The zero-order valence-corrected chi connectivity index (χ0v) is 14.3. The van der Waals surface area contributed by atoms with Crippen LogP contribution >= 0.6 is 15.9 Å². The molecule has 0 amide bonds. The summed E-state index contributed by atoms with van der Waals surface area (Å²) >= 11 is 3.20. The molecule has 0 aliphatic carbocycles. The lowest BCUT2D eigenvalue weighted by atomic mass is 10.2. The van der Waals surface area contributed by atoms with Gasteiger partial charge in [0.15, 0.2) is 0 Å². The van der Waals surface area contributed by atoms with Crippen LogP contribution in [0.3, 0.4) is 0 Å². The van der Waals surface area contributed by atoms with Crippen LogP contribution in [0.1, 0.15) is 5.56 Å². The van der Waals surface area contributed by atoms with Gasteiger partial charge in [-0.2, -0.15) is 0 Å². The molecule has 0 N–H and O–H groups in total. The maximum Gasteiger partial charge on any atom is 0.268 e. The van der Waals surface area contributed by atoms with Gasteiger partial charge in [0.05, 0.1) is 10.4 Å². The quantitative estimate of drug-likeness (QED) is 0.645. The van der Waals surface area contributed by atoms with Gasteiger partial charge in [0.1, 0.15) is 11.3 Å². The first-order chi connectivity index (χ1) is 10.5. The van der Waals surface area contributed by atoms with Crippen LogP contribution in [-0.2, 0) is 10.0 Å². The summed E-state index contributed by atoms with van der Waals surface area (Å²) in [6, 6.07) is 13.9. The Kier molecular flexibility index (Phi) is 3.97. The van der Waals surface area contributed by atoms with E-state index >= 15 is 0 Å². The van der Waals surface area contributed by atoms with Crippen LogP contribution in [0.25, 0.3) is 10.9 Å². The molecule has 6 heteroatoms. The summed E-state index contributed by atoms with van der Waals surface area (Å²) in [5, 5.41) is 0.814. The number of aromatic nitrogens is 1. The first-order valence-electron chi connectivity index (χ1n) is 6.64. The number of aryl methyl sites for hydroxylation is 1. The highest BCUT2D eigenvalue weighted by molar-refractivity contribution is 9.09. The van der Waals surface area contributed by atoms with E-state index in [-0.39, 0.29) is 4.90 Å². The maximum atomic E-state index is 12.8. The van der Waals surface area contributed by atoms with Gasteiger partial charge in [0.25, 0.3) is 10.0 Å². The Hall–Kier alpha value is -1.79. The van der Waals surface area contributed by atoms with Crippen LogP contribution in [0.2, 0.25) is 0 Å². The minimum Gasteiger partial charge on any atom is -0.482 e. The van der Waals surface area contributed by atoms with E-state index in [2.05, 4.69) is 15.9 Å². The molecular weight excluding hydrogens is 366 g/mol. The van der Waals surface area contributed by atoms with E-state index in [1.54, 1.807) is 48.7 Å². The lowest BCUT2D eigenvalue weighted by molar-refractivity contribution is 0.398. The van der Waals surface area contributed by atoms with Crippen LogP contribution in [0.5, 0.6) is 5.75 Å². The third-order valence-electron chi connectivity index (χ3n) is 3.42. The maximum absolute atomic E-state index is 12.8. The van der Waals surface area contributed by atoms with Crippen LogP contribution < -0.4 is 4.74 Å². The van der Waals surface area contributed by atoms with Gasteiger partial charge in [-0.3, -0.25) is 0 Å². The molecule has 114 valence electrons. The summed E-state index contributed by atoms with van der Waals surface area (Å²) in [5.41, 5.74) is 2.04. The van der Waals surface area contributed by atoms with Crippen molar-refractivity contribution < 1.29 is 13.2 Å². The summed E-state index contributed by atoms with van der Waals surface area (Å²) in [6.07, 6.45) is 1.57. The minimum atomic E-state index is -3.60. The lowest BCUT2D eigenvalue weighted by Gasteiger charge is -2.08. The molecule has 1 heterocycles. The molecule has 0 fully saturated rings. The van der Waals surface area contributed by atoms with E-state index in [1.165, 1.54) is 3.97 Å². The molecule has 22 heavy (non-hydrogen) atoms. The molecule has 3 aromatic rings. The van der Waals surface area contributed by atoms with Gasteiger partial charge in [0, 0.05) is 11.6 Å². The van der Waals surface area contributed by atoms with Gasteiger partial charge < -0.3 is 4.74 Å². The molecule has 2 aromatic carbocycles. The Bertz CT molecular complexity index is 914. The number of nitrogens with zero attached hydrogens (tertiary/aromatic N) is 1. The van der Waals surface area contributed by atoms with Gasteiger partial charge >= 0.3 is 0 Å². The summed E-state index contributed by atoms with van der Waals surface area (Å²) in [7, 11) is -3.60. The van der Waals surface area contributed by atoms with Crippen molar-refractivity contribution in [1.29, 1.82) is 0 Å². The lowest BCUT2D eigenvalue weighted by Crippen LogP contribution is -2.11. The van der Waals surface area contributed by atoms with E-state index in [1.807, 2.05) is 13.0 Å². The fraction of sp³-hybridized carbons (Fsp3) is 0.125. The largest absolute Gasteiger partial charge is 0.482 e. The average Bonchev–Trinajstić information content (AvgIpc) is 2.92. The number of fused-ring (bicyclic) bond motifs is 1. The zero-order valence-electron chi connectivity index (χ0n) is 11.9. The number of ether oxygens (including phenoxy) is 1. The predicted octanol–water partition coefficient (Wildman–Crippen LogP) is 3.92. The topological polar surface area (TPSA) is 48.3 Å². The van der Waals surface area contributed by atoms with E-state index in [0.29, 0.717) is 16.8 Å². The Labute approximate surface area is 137 Å². The number of benzene rings is 2. The van der Waals surface area contributed by atoms with E-state index in [9.17, 15) is 8.42 Å². The highest BCUT2D eigenvalue weighted by atomic mass is 79.9. The second-order valence-corrected chi connectivity index (χ2v) is 7.18. The molecule has 0 atom stereocenters. The van der Waals surface area contributed by atoms with E-state index in [0.717, 1.165) is 10.9 Å². The van der Waals surface area contributed by atoms with Crippen LogP contribution in [-0.4, -0.2) is 17.9 Å². The molecule has 3 rings (SSSR count). The van der Waals surface area contributed by atoms with Crippen molar-refractivity contribution in [2.75, 3.05) is 5.52 Å². The van der Waals surface area contributed by atoms with Crippen LogP contribution in [0.15, 0.2) is 59.6 Å². The van der Waals surface area contributed by atoms with Crippen LogP contribution in [0.4, 0.5) is 0 Å². The molecule has 1 aromatic heterocycles. The number of rotatable bonds is 4. The summed E-state index contributed by atoms with van der Waals surface area (Å²) < 4.78 is 32.2. The monoisotopic (exact) mass is 379 g/mol. The van der Waals surface area contributed by atoms with Gasteiger partial charge in [-0.1, -0.05) is 17.7 Å². The molecule has 0 saturated heterocycles. The van der Waals surface area contributed by atoms with Gasteiger partial charge in [-0.05, 0) is 59.3 Å². The predicted molar refractivity (Wildman–Crippen MR) is 90.1 cm³/mol. The normalized spacial score (nSPS) is 11.7. The highest BCUT2D eigenvalue weighted by Crippen LogP contribution is 2.26. The van der Waals surface area contributed by atoms with Gasteiger partial charge in [0.2, 0.25) is 0 Å². The second kappa shape index (κ2) is 5.78. The van der Waals surface area contributed by atoms with E-state index < -0.39 is 10.0 Å². The Balaban J connectivity index is 2.11. The summed E-state index contributed by atoms with van der Waals surface area (Å²) in [4.78, 5) is 0.274. The molecule has 0 bridgehead atoms. The molecule has 0 saturated carbocycles. The van der Waals surface area contributed by atoms with Gasteiger partial charge in [-0.25, -0.2) is 12.4 Å². The van der Waals surface area contributed by atoms with Crippen molar-refractivity contribution in [3.8, 4) is 5.75 Å². The molecule has 0 spiro atoms. The van der Waals surface area contributed by atoms with Crippen molar-refractivity contribution in [3.05, 3.63) is 60.3 Å². The second-order valence-electron chi connectivity index (χ2n) is 4.90. The standard InChI is InChI=1S/C16H14BrNO3S/c1-12-2-5-15(6-3-12)22(19,20)18-9-8-13-10-14(21-11-17)4-7-16(13)18/h2-10H,11H2,1H3. The van der Waals surface area contributed by atoms with E-state index in [4.69, 9.17) is 4.74 Å². The summed E-state index contributed by atoms with van der Waals surface area (Å²) in [5.74, 6) is 0.690. The first kappa shape index (κ1) is 15.1. The SMILES string of the molecule is Cc1ccc(S(=O)(=O)n2ccc3cc(OCBr)ccc32)cc1. The first-order valence-corrected chi connectivity index (χ1v) is 9.20. The molecule has 0 unspecified atom stereocenters. The number of hydrogen-bond acceptors (Lipinski definition) is 3. The Morgan fingerprint density at radius 3 is 2.50 bits per heavy atom. The van der Waals surface area contributed by atoms with Crippen molar-refractivity contribution >= 4 is 36.9 Å². The number of hydrogen-bond donors (Lipinski definition) is 0. The molecular formula is C16H14BrNO3S. The third kappa shape index (κ3) is 2.64. The Morgan fingerprint density at radius 1 is 1.09 bits per heavy atom. The Morgan fingerprint density at radius 2 is 1.82 bits per heavy atom. The van der Waals surface area contributed by atoms with Crippen LogP contribution in [0, 0.1) is 6.92 Å². The number of halogens is 1. The zero-order chi connectivity index (χ0) is 15.7.